The van der Waals surface area contributed by atoms with Gasteiger partial charge in [0.15, 0.2) is 12.6 Å². The second-order valence-electron chi connectivity index (χ2n) is 32.4. The highest BCUT2D eigenvalue weighted by Gasteiger charge is 2.29. The Morgan fingerprint density at radius 1 is 0.259 bits per heavy atom. The smallest absolute Gasteiger partial charge is 0.305 e. The lowest BCUT2D eigenvalue weighted by Gasteiger charge is -2.45. The Bertz CT molecular complexity index is 1750. The van der Waals surface area contributed by atoms with Gasteiger partial charge in [-0.25, -0.2) is 0 Å². The first-order chi connectivity index (χ1) is 53.0. The van der Waals surface area contributed by atoms with Gasteiger partial charge in [0.25, 0.3) is 0 Å². The summed E-state index contributed by atoms with van der Waals surface area (Å²) in [6, 6.07) is 0.811. The zero-order valence-electron chi connectivity index (χ0n) is 72.7. The highest BCUT2D eigenvalue weighted by molar-refractivity contribution is 5.70. The fraction of sp³-hybridized carbons (Fsp3) is 0.957. The van der Waals surface area contributed by atoms with E-state index >= 15 is 0 Å². The van der Waals surface area contributed by atoms with Crippen LogP contribution < -0.4 is 0 Å². The van der Waals surface area contributed by atoms with Gasteiger partial charge in [-0.1, -0.05) is 286 Å². The molecule has 0 spiro atoms. The first-order valence-electron chi connectivity index (χ1n) is 47.0. The zero-order valence-corrected chi connectivity index (χ0v) is 72.7. The van der Waals surface area contributed by atoms with Crippen molar-refractivity contribution in [2.45, 2.75) is 452 Å². The average Bonchev–Trinajstić information content (AvgIpc) is 0.842. The summed E-state index contributed by atoms with van der Waals surface area (Å²) in [6.45, 7) is 32.7. The molecule has 1 aliphatic heterocycles. The number of esters is 4. The van der Waals surface area contributed by atoms with Crippen molar-refractivity contribution in [3.8, 4) is 0 Å². The maximum Gasteiger partial charge on any atom is 0.305 e. The number of unbranched alkanes of at least 4 members (excludes halogenated alkanes) is 42. The molecule has 0 aromatic heterocycles. The van der Waals surface area contributed by atoms with Crippen molar-refractivity contribution in [1.29, 1.82) is 0 Å². The molecule has 0 N–H and O–H groups in total. The number of hydrogen-bond donors (Lipinski definition) is 0. The average molecular weight is 1530 g/mol. The van der Waals surface area contributed by atoms with Crippen molar-refractivity contribution in [2.75, 3.05) is 118 Å². The first-order valence-corrected chi connectivity index (χ1v) is 47.0. The van der Waals surface area contributed by atoms with Crippen molar-refractivity contribution in [2.24, 2.45) is 0 Å². The number of ether oxygens (including phenoxy) is 8. The zero-order chi connectivity index (χ0) is 78.3. The SMILES string of the molecule is CCCCCCCCCCCOC(=O)CCCCCN(CCCCOC(=O)CCC(OCCCCCCCC)OCCCCCCCC)CCN1CC(C)N(CCN(CCCCCC(=O)OCCCCCCCCCCC)CCCCOC(=O)CCC(OCCCCCCCC)OCCCCCCCC)CC1C. The number of hydrogen-bond acceptors (Lipinski definition) is 16. The van der Waals surface area contributed by atoms with Crippen LogP contribution >= 0.6 is 0 Å². The molecule has 1 aliphatic rings. The van der Waals surface area contributed by atoms with Crippen LogP contribution in [0, 0.1) is 0 Å². The van der Waals surface area contributed by atoms with Gasteiger partial charge in [0.2, 0.25) is 0 Å². The third-order valence-electron chi connectivity index (χ3n) is 22.0. The number of rotatable bonds is 86. The van der Waals surface area contributed by atoms with Gasteiger partial charge < -0.3 is 47.7 Å². The van der Waals surface area contributed by atoms with Gasteiger partial charge in [-0.05, 0) is 130 Å². The van der Waals surface area contributed by atoms with Crippen LogP contribution in [0.15, 0.2) is 0 Å². The van der Waals surface area contributed by atoms with Crippen molar-refractivity contribution in [1.82, 2.24) is 19.6 Å². The largest absolute Gasteiger partial charge is 0.466 e. The summed E-state index contributed by atoms with van der Waals surface area (Å²) in [6.07, 6.45) is 62.6. The number of nitrogens with zero attached hydrogens (tertiary/aromatic N) is 4. The predicted molar refractivity (Wildman–Crippen MR) is 452 cm³/mol. The summed E-state index contributed by atoms with van der Waals surface area (Å²) in [4.78, 5) is 62.4. The molecule has 0 bridgehead atoms. The van der Waals surface area contributed by atoms with Crippen LogP contribution in [0.25, 0.3) is 0 Å². The molecule has 2 atom stereocenters. The Kier molecular flexibility index (Phi) is 77.8. The van der Waals surface area contributed by atoms with E-state index < -0.39 is 0 Å². The fourth-order valence-corrected chi connectivity index (χ4v) is 14.7. The van der Waals surface area contributed by atoms with Crippen LogP contribution in [-0.4, -0.2) is 186 Å². The van der Waals surface area contributed by atoms with Crippen molar-refractivity contribution in [3.05, 3.63) is 0 Å². The Morgan fingerprint density at radius 2 is 0.463 bits per heavy atom. The van der Waals surface area contributed by atoms with Crippen molar-refractivity contribution >= 4 is 23.9 Å². The maximum absolute atomic E-state index is 13.2. The minimum absolute atomic E-state index is 0.0580. The molecule has 0 amide bonds. The minimum atomic E-state index is -0.370. The summed E-state index contributed by atoms with van der Waals surface area (Å²) >= 11 is 0. The van der Waals surface area contributed by atoms with Crippen LogP contribution in [0.1, 0.15) is 428 Å². The van der Waals surface area contributed by atoms with E-state index in [0.29, 0.717) is 103 Å². The number of carbonyl (C=O) groups excluding carboxylic acids is 4. The highest BCUT2D eigenvalue weighted by atomic mass is 16.7. The molecule has 2 unspecified atom stereocenters. The summed E-state index contributed by atoms with van der Waals surface area (Å²) < 4.78 is 48.0. The molecule has 0 aromatic carbocycles. The lowest BCUT2D eigenvalue weighted by atomic mass is 10.1. The maximum atomic E-state index is 13.2. The first kappa shape index (κ1) is 104. The topological polar surface area (TPSA) is 155 Å². The van der Waals surface area contributed by atoms with Gasteiger partial charge in [0, 0.05) is 103 Å². The third-order valence-corrected chi connectivity index (χ3v) is 22.0. The summed E-state index contributed by atoms with van der Waals surface area (Å²) in [5, 5.41) is 0. The standard InChI is InChI=1S/C92H180N4O12/c1-9-15-21-27-33-35-37-43-53-75-101-87(97)61-47-45-49-67-93(69-51-59-77-103-89(99)63-65-91(105-79-55-39-29-23-17-11-3)106-80-56-40-30-24-18-12-4)71-73-95-83-86(8)96(84-85(95)7)74-72-94(68-50-46-48-62-88(98)102-76-54-44-38-36-34-28-22-16-10-2)70-52-60-78-104-90(100)64-66-92(107-81-57-41-31-25-19-13-5)108-82-58-42-32-26-20-14-6/h85-86,91-92H,9-84H2,1-8H3. The van der Waals surface area contributed by atoms with Gasteiger partial charge in [-0.2, -0.15) is 0 Å². The number of carbonyl (C=O) groups is 4. The second kappa shape index (κ2) is 81.1. The summed E-state index contributed by atoms with van der Waals surface area (Å²) in [5.41, 5.74) is 0. The van der Waals surface area contributed by atoms with Crippen molar-refractivity contribution < 1.29 is 57.1 Å². The van der Waals surface area contributed by atoms with Gasteiger partial charge in [0.05, 0.1) is 39.3 Å². The van der Waals surface area contributed by atoms with Gasteiger partial charge in [-0.15, -0.1) is 0 Å². The molecule has 1 saturated heterocycles. The lowest BCUT2D eigenvalue weighted by molar-refractivity contribution is -0.159. The molecule has 1 heterocycles. The molecule has 108 heavy (non-hydrogen) atoms. The summed E-state index contributed by atoms with van der Waals surface area (Å²) in [5.74, 6) is -0.460. The normalized spacial score (nSPS) is 14.4. The Balaban J connectivity index is 2.96. The van der Waals surface area contributed by atoms with Crippen LogP contribution in [0.5, 0.6) is 0 Å². The van der Waals surface area contributed by atoms with E-state index in [4.69, 9.17) is 37.9 Å². The van der Waals surface area contributed by atoms with Crippen LogP contribution in [-0.2, 0) is 57.1 Å². The van der Waals surface area contributed by atoms with E-state index in [-0.39, 0.29) is 36.5 Å². The van der Waals surface area contributed by atoms with E-state index in [9.17, 15) is 19.2 Å². The van der Waals surface area contributed by atoms with E-state index in [2.05, 4.69) is 75.0 Å². The molecule has 0 saturated carbocycles. The Hall–Kier alpha value is -2.44. The van der Waals surface area contributed by atoms with E-state index in [1.54, 1.807) is 0 Å². The van der Waals surface area contributed by atoms with Crippen LogP contribution in [0.3, 0.4) is 0 Å². The molecular formula is C92H180N4O12. The van der Waals surface area contributed by atoms with E-state index in [1.807, 2.05) is 0 Å². The molecule has 1 rings (SSSR count). The Morgan fingerprint density at radius 3 is 0.722 bits per heavy atom. The quantitative estimate of drug-likeness (QED) is 0.0245. The molecule has 640 valence electrons. The third kappa shape index (κ3) is 69.1. The molecule has 1 fully saturated rings. The van der Waals surface area contributed by atoms with Crippen LogP contribution in [0.2, 0.25) is 0 Å². The van der Waals surface area contributed by atoms with Gasteiger partial charge in [0.1, 0.15) is 0 Å². The molecule has 0 aliphatic carbocycles. The molecule has 16 heteroatoms. The molecule has 0 radical (unpaired) electrons. The minimum Gasteiger partial charge on any atom is -0.466 e. The van der Waals surface area contributed by atoms with Gasteiger partial charge >= 0.3 is 23.9 Å². The summed E-state index contributed by atoms with van der Waals surface area (Å²) in [7, 11) is 0. The monoisotopic (exact) mass is 1530 g/mol. The lowest BCUT2D eigenvalue weighted by Crippen LogP contribution is -2.58. The van der Waals surface area contributed by atoms with E-state index in [1.165, 1.54) is 218 Å². The predicted octanol–water partition coefficient (Wildman–Crippen LogP) is 23.6. The fourth-order valence-electron chi connectivity index (χ4n) is 14.7. The second-order valence-corrected chi connectivity index (χ2v) is 32.4. The molecule has 16 nitrogen and oxygen atoms in total. The van der Waals surface area contributed by atoms with Crippen molar-refractivity contribution in [3.63, 3.8) is 0 Å². The van der Waals surface area contributed by atoms with E-state index in [0.717, 1.165) is 181 Å². The van der Waals surface area contributed by atoms with Crippen LogP contribution in [0.4, 0.5) is 0 Å². The van der Waals surface area contributed by atoms with Gasteiger partial charge in [-0.3, -0.25) is 29.0 Å². The Labute approximate surface area is 668 Å². The molecular weight excluding hydrogens is 1350 g/mol. The molecule has 0 aromatic rings. The number of piperazine rings is 1. The highest BCUT2D eigenvalue weighted by Crippen LogP contribution is 2.20.